The molecule has 1 aromatic carbocycles. The van der Waals surface area contributed by atoms with Crippen molar-refractivity contribution in [2.75, 3.05) is 6.61 Å². The van der Waals surface area contributed by atoms with E-state index in [1.165, 1.54) is 16.5 Å². The van der Waals surface area contributed by atoms with Crippen LogP contribution in [0.15, 0.2) is 35.0 Å². The van der Waals surface area contributed by atoms with Gasteiger partial charge in [-0.2, -0.15) is 24.5 Å². The molecule has 1 heterocycles. The lowest BCUT2D eigenvalue weighted by molar-refractivity contribution is -0.137. The van der Waals surface area contributed by atoms with E-state index in [1.807, 2.05) is 0 Å². The van der Waals surface area contributed by atoms with Crippen LogP contribution in [0.1, 0.15) is 30.0 Å². The van der Waals surface area contributed by atoms with E-state index in [4.69, 9.17) is 4.74 Å². The minimum atomic E-state index is -4.17. The second-order valence-electron chi connectivity index (χ2n) is 4.58. The SMILES string of the molecule is CCCOc1c(C)cccc1C.FC(F)(F)c1ccsc1. The van der Waals surface area contributed by atoms with Gasteiger partial charge in [-0.05, 0) is 42.8 Å². The summed E-state index contributed by atoms with van der Waals surface area (Å²) in [4.78, 5) is 0. The fraction of sp³-hybridized carbons (Fsp3) is 0.375. The summed E-state index contributed by atoms with van der Waals surface area (Å²) in [6.45, 7) is 7.09. The minimum absolute atomic E-state index is 0.563. The van der Waals surface area contributed by atoms with E-state index in [0.29, 0.717) is 0 Å². The van der Waals surface area contributed by atoms with E-state index in [0.717, 1.165) is 41.6 Å². The third-order valence-electron chi connectivity index (χ3n) is 2.71. The summed E-state index contributed by atoms with van der Waals surface area (Å²) in [7, 11) is 0. The average molecular weight is 316 g/mol. The lowest BCUT2D eigenvalue weighted by atomic mass is 10.1. The Kier molecular flexibility index (Phi) is 6.75. The highest BCUT2D eigenvalue weighted by atomic mass is 32.1. The van der Waals surface area contributed by atoms with Crippen LogP contribution < -0.4 is 4.74 Å². The van der Waals surface area contributed by atoms with Gasteiger partial charge >= 0.3 is 6.18 Å². The number of aryl methyl sites for hydroxylation is 2. The summed E-state index contributed by atoms with van der Waals surface area (Å²) in [5.41, 5.74) is 1.89. The van der Waals surface area contributed by atoms with Crippen molar-refractivity contribution in [3.05, 3.63) is 51.7 Å². The largest absolute Gasteiger partial charge is 0.493 e. The molecule has 0 unspecified atom stereocenters. The van der Waals surface area contributed by atoms with Crippen LogP contribution in [-0.4, -0.2) is 6.61 Å². The van der Waals surface area contributed by atoms with Gasteiger partial charge in [0.1, 0.15) is 5.75 Å². The molecule has 0 bridgehead atoms. The molecule has 1 nitrogen and oxygen atoms in total. The molecule has 5 heteroatoms. The summed E-state index contributed by atoms with van der Waals surface area (Å²) >= 11 is 1.05. The van der Waals surface area contributed by atoms with Gasteiger partial charge in [0.15, 0.2) is 0 Å². The number of thiophene rings is 1. The Morgan fingerprint density at radius 1 is 1.10 bits per heavy atom. The number of rotatable bonds is 3. The summed E-state index contributed by atoms with van der Waals surface area (Å²) in [6.07, 6.45) is -3.10. The molecule has 0 spiro atoms. The highest BCUT2D eigenvalue weighted by Crippen LogP contribution is 2.30. The quantitative estimate of drug-likeness (QED) is 0.689. The first-order chi connectivity index (χ1) is 9.86. The molecule has 0 saturated carbocycles. The van der Waals surface area contributed by atoms with Crippen molar-refractivity contribution < 1.29 is 17.9 Å². The Morgan fingerprint density at radius 3 is 2.10 bits per heavy atom. The molecule has 21 heavy (non-hydrogen) atoms. The van der Waals surface area contributed by atoms with Crippen molar-refractivity contribution in [1.82, 2.24) is 0 Å². The van der Waals surface area contributed by atoms with E-state index in [-0.39, 0.29) is 0 Å². The molecule has 2 rings (SSSR count). The third-order valence-corrected chi connectivity index (χ3v) is 3.39. The number of halogens is 3. The van der Waals surface area contributed by atoms with Crippen LogP contribution in [0.5, 0.6) is 5.75 Å². The van der Waals surface area contributed by atoms with E-state index < -0.39 is 11.7 Å². The van der Waals surface area contributed by atoms with Gasteiger partial charge in [-0.25, -0.2) is 0 Å². The standard InChI is InChI=1S/C11H16O.C5H3F3S/c1-4-8-12-11-9(2)6-5-7-10(11)3;6-5(7,8)4-1-2-9-3-4/h5-7H,4,8H2,1-3H3;1-3H. The number of alkyl halides is 3. The van der Waals surface area contributed by atoms with Crippen LogP contribution in [0.3, 0.4) is 0 Å². The molecular formula is C16H19F3OS. The van der Waals surface area contributed by atoms with Crippen LogP contribution in [-0.2, 0) is 6.18 Å². The molecule has 0 saturated heterocycles. The van der Waals surface area contributed by atoms with Crippen LogP contribution in [0.2, 0.25) is 0 Å². The fourth-order valence-electron chi connectivity index (χ4n) is 1.66. The normalized spacial score (nSPS) is 10.8. The highest BCUT2D eigenvalue weighted by Gasteiger charge is 2.30. The molecular weight excluding hydrogens is 297 g/mol. The number of ether oxygens (including phenoxy) is 1. The Bertz CT molecular complexity index is 513. The second-order valence-corrected chi connectivity index (χ2v) is 5.36. The zero-order valence-corrected chi connectivity index (χ0v) is 13.1. The van der Waals surface area contributed by atoms with Crippen molar-refractivity contribution >= 4 is 11.3 Å². The Hall–Kier alpha value is -1.49. The van der Waals surface area contributed by atoms with Crippen LogP contribution in [0, 0.1) is 13.8 Å². The van der Waals surface area contributed by atoms with E-state index in [9.17, 15) is 13.2 Å². The van der Waals surface area contributed by atoms with Crippen molar-refractivity contribution in [3.8, 4) is 5.75 Å². The third kappa shape index (κ3) is 5.79. The van der Waals surface area contributed by atoms with Crippen molar-refractivity contribution in [2.24, 2.45) is 0 Å². The van der Waals surface area contributed by atoms with Gasteiger partial charge in [-0.1, -0.05) is 25.1 Å². The predicted octanol–water partition coefficient (Wildman–Crippen LogP) is 5.86. The van der Waals surface area contributed by atoms with Gasteiger partial charge in [0.2, 0.25) is 0 Å². The van der Waals surface area contributed by atoms with Crippen LogP contribution >= 0.6 is 11.3 Å². The molecule has 0 N–H and O–H groups in total. The lowest BCUT2D eigenvalue weighted by Crippen LogP contribution is -2.01. The van der Waals surface area contributed by atoms with Crippen molar-refractivity contribution in [3.63, 3.8) is 0 Å². The lowest BCUT2D eigenvalue weighted by Gasteiger charge is -2.10. The molecule has 1 aromatic heterocycles. The zero-order valence-electron chi connectivity index (χ0n) is 12.3. The fourth-order valence-corrected chi connectivity index (χ4v) is 2.32. The predicted molar refractivity (Wildman–Crippen MR) is 81.0 cm³/mol. The van der Waals surface area contributed by atoms with Gasteiger partial charge < -0.3 is 4.74 Å². The first kappa shape index (κ1) is 17.6. The zero-order chi connectivity index (χ0) is 15.9. The molecule has 0 fully saturated rings. The first-order valence-electron chi connectivity index (χ1n) is 6.64. The van der Waals surface area contributed by atoms with Gasteiger partial charge in [-0.15, -0.1) is 0 Å². The summed E-state index contributed by atoms with van der Waals surface area (Å²) in [5.74, 6) is 1.05. The molecule has 0 aliphatic rings. The molecule has 0 amide bonds. The maximum absolute atomic E-state index is 11.6. The Balaban J connectivity index is 0.000000219. The number of benzene rings is 1. The Morgan fingerprint density at radius 2 is 1.71 bits per heavy atom. The molecule has 2 aromatic rings. The monoisotopic (exact) mass is 316 g/mol. The van der Waals surface area contributed by atoms with E-state index in [1.54, 1.807) is 0 Å². The van der Waals surface area contributed by atoms with Gasteiger partial charge in [0.25, 0.3) is 0 Å². The highest BCUT2D eigenvalue weighted by molar-refractivity contribution is 7.07. The number of hydrogen-bond acceptors (Lipinski definition) is 2. The minimum Gasteiger partial charge on any atom is -0.493 e. The van der Waals surface area contributed by atoms with Gasteiger partial charge in [-0.3, -0.25) is 0 Å². The van der Waals surface area contributed by atoms with Crippen LogP contribution in [0.25, 0.3) is 0 Å². The molecule has 116 valence electrons. The topological polar surface area (TPSA) is 9.23 Å². The molecule has 0 atom stereocenters. The maximum atomic E-state index is 11.6. The van der Waals surface area contributed by atoms with Crippen molar-refractivity contribution in [2.45, 2.75) is 33.4 Å². The first-order valence-corrected chi connectivity index (χ1v) is 7.59. The number of para-hydroxylation sites is 1. The molecule has 0 aliphatic heterocycles. The number of hydrogen-bond donors (Lipinski definition) is 0. The Labute approximate surface area is 127 Å². The van der Waals surface area contributed by atoms with Crippen LogP contribution in [0.4, 0.5) is 13.2 Å². The van der Waals surface area contributed by atoms with Crippen molar-refractivity contribution in [1.29, 1.82) is 0 Å². The molecule has 0 radical (unpaired) electrons. The van der Waals surface area contributed by atoms with Gasteiger partial charge in [0.05, 0.1) is 12.2 Å². The van der Waals surface area contributed by atoms with Gasteiger partial charge in [0, 0.05) is 5.38 Å². The summed E-state index contributed by atoms with van der Waals surface area (Å²) < 4.78 is 40.5. The summed E-state index contributed by atoms with van der Waals surface area (Å²) in [6, 6.07) is 7.28. The maximum Gasteiger partial charge on any atom is 0.417 e. The molecule has 0 aliphatic carbocycles. The smallest absolute Gasteiger partial charge is 0.417 e. The second kappa shape index (κ2) is 8.08. The average Bonchev–Trinajstić information content (AvgIpc) is 2.93. The van der Waals surface area contributed by atoms with E-state index in [2.05, 4.69) is 39.0 Å². The summed E-state index contributed by atoms with van der Waals surface area (Å²) in [5, 5.41) is 2.49. The van der Waals surface area contributed by atoms with E-state index >= 15 is 0 Å².